The molecule has 1 saturated heterocycles. The summed E-state index contributed by atoms with van der Waals surface area (Å²) < 4.78 is 52.1. The Kier molecular flexibility index (Phi) is 10.5. The molecule has 6 rings (SSSR count). The van der Waals surface area contributed by atoms with Crippen molar-refractivity contribution < 1.29 is 27.4 Å². The fourth-order valence-electron chi connectivity index (χ4n) is 6.00. The summed E-state index contributed by atoms with van der Waals surface area (Å²) in [7, 11) is 0. The van der Waals surface area contributed by atoms with E-state index < -0.39 is 17.7 Å². The van der Waals surface area contributed by atoms with Crippen molar-refractivity contribution in [1.82, 2.24) is 9.80 Å². The van der Waals surface area contributed by atoms with Crippen molar-refractivity contribution in [2.75, 3.05) is 63.9 Å². The quantitative estimate of drug-likeness (QED) is 0.147. The molecule has 2 aliphatic heterocycles. The lowest BCUT2D eigenvalue weighted by atomic mass is 10.1. The Morgan fingerprint density at radius 3 is 2.30 bits per heavy atom. The number of ether oxygens (including phenoxy) is 2. The van der Waals surface area contributed by atoms with Crippen LogP contribution in [0, 0.1) is 5.92 Å². The molecule has 4 aromatic carbocycles. The van der Waals surface area contributed by atoms with E-state index >= 15 is 0 Å². The molecule has 2 heterocycles. The van der Waals surface area contributed by atoms with Gasteiger partial charge in [0.05, 0.1) is 22.9 Å². The number of hydrogen-bond acceptors (Lipinski definition) is 7. The van der Waals surface area contributed by atoms with Crippen LogP contribution >= 0.6 is 23.4 Å². The zero-order valence-electron chi connectivity index (χ0n) is 26.1. The van der Waals surface area contributed by atoms with Crippen molar-refractivity contribution >= 4 is 51.5 Å². The molecule has 47 heavy (non-hydrogen) atoms. The number of carbonyl (C=O) groups is 1. The molecule has 1 atom stereocenters. The van der Waals surface area contributed by atoms with Crippen LogP contribution < -0.4 is 9.64 Å². The number of piperazine rings is 1. The van der Waals surface area contributed by atoms with Crippen molar-refractivity contribution in [1.29, 1.82) is 0 Å². The van der Waals surface area contributed by atoms with Gasteiger partial charge in [0.15, 0.2) is 0 Å². The highest BCUT2D eigenvalue weighted by atomic mass is 35.5. The van der Waals surface area contributed by atoms with Crippen LogP contribution in [0.4, 0.5) is 24.5 Å². The average Bonchev–Trinajstić information content (AvgIpc) is 3.07. The van der Waals surface area contributed by atoms with Crippen LogP contribution in [0.3, 0.4) is 0 Å². The molecule has 0 aromatic heterocycles. The summed E-state index contributed by atoms with van der Waals surface area (Å²) in [6.07, 6.45) is -3.57. The summed E-state index contributed by atoms with van der Waals surface area (Å²) in [6, 6.07) is 23.3. The molecule has 0 radical (unpaired) electrons. The standard InChI is InChI=1S/C36H37ClF3N3O3S/c1-25(24-46-32-13-12-29(37)27-7-2-3-8-28(27)32)35(44)45-22-21-42-19-17-41(18-20-42)15-6-16-43-30-9-4-5-10-33(30)47-34-14-11-26(23-31(34)43)36(38,39)40/h2-5,7-14,23,25H,6,15-22,24H2,1H3. The molecule has 2 aliphatic rings. The number of hydrogen-bond donors (Lipinski definition) is 0. The van der Waals surface area contributed by atoms with E-state index in [9.17, 15) is 18.0 Å². The van der Waals surface area contributed by atoms with E-state index in [1.54, 1.807) is 19.1 Å². The number of carbonyl (C=O) groups excluding carboxylic acids is 1. The molecule has 11 heteroatoms. The molecular weight excluding hydrogens is 647 g/mol. The number of alkyl halides is 3. The van der Waals surface area contributed by atoms with Crippen LogP contribution in [0.1, 0.15) is 18.9 Å². The second-order valence-corrected chi connectivity index (χ2v) is 13.4. The Morgan fingerprint density at radius 2 is 1.53 bits per heavy atom. The van der Waals surface area contributed by atoms with Gasteiger partial charge in [0.1, 0.15) is 19.0 Å². The maximum atomic E-state index is 13.5. The first-order valence-corrected chi connectivity index (χ1v) is 17.0. The maximum absolute atomic E-state index is 13.5. The summed E-state index contributed by atoms with van der Waals surface area (Å²) in [6.45, 7) is 7.95. The Hall–Kier alpha value is -3.44. The monoisotopic (exact) mass is 683 g/mol. The van der Waals surface area contributed by atoms with E-state index in [0.29, 0.717) is 36.2 Å². The molecule has 248 valence electrons. The lowest BCUT2D eigenvalue weighted by Crippen LogP contribution is -2.47. The van der Waals surface area contributed by atoms with Gasteiger partial charge in [-0.3, -0.25) is 9.69 Å². The van der Waals surface area contributed by atoms with Gasteiger partial charge in [0.2, 0.25) is 0 Å². The summed E-state index contributed by atoms with van der Waals surface area (Å²) in [5.41, 5.74) is 0.933. The van der Waals surface area contributed by atoms with Crippen LogP contribution in [0.15, 0.2) is 88.7 Å². The first kappa shape index (κ1) is 33.5. The van der Waals surface area contributed by atoms with Crippen LogP contribution in [-0.2, 0) is 15.7 Å². The minimum absolute atomic E-state index is 0.208. The molecule has 0 amide bonds. The number of esters is 1. The van der Waals surface area contributed by atoms with Crippen molar-refractivity contribution in [2.45, 2.75) is 29.3 Å². The van der Waals surface area contributed by atoms with Gasteiger partial charge in [-0.15, -0.1) is 0 Å². The predicted molar refractivity (Wildman–Crippen MR) is 181 cm³/mol. The van der Waals surface area contributed by atoms with Gasteiger partial charge in [-0.05, 0) is 62.4 Å². The molecule has 6 nitrogen and oxygen atoms in total. The number of fused-ring (bicyclic) bond motifs is 3. The molecule has 4 aromatic rings. The van der Waals surface area contributed by atoms with E-state index in [0.717, 1.165) is 71.5 Å². The van der Waals surface area contributed by atoms with Gasteiger partial charge < -0.3 is 19.3 Å². The van der Waals surface area contributed by atoms with Crippen LogP contribution in [0.5, 0.6) is 5.75 Å². The number of benzene rings is 4. The van der Waals surface area contributed by atoms with E-state index in [1.165, 1.54) is 17.8 Å². The predicted octanol–water partition coefficient (Wildman–Crippen LogP) is 8.38. The molecule has 0 N–H and O–H groups in total. The molecule has 0 spiro atoms. The molecule has 0 saturated carbocycles. The second kappa shape index (κ2) is 14.8. The van der Waals surface area contributed by atoms with Crippen LogP contribution in [-0.4, -0.2) is 74.8 Å². The van der Waals surface area contributed by atoms with E-state index in [4.69, 9.17) is 21.1 Å². The van der Waals surface area contributed by atoms with Gasteiger partial charge in [0.25, 0.3) is 0 Å². The maximum Gasteiger partial charge on any atom is 0.416 e. The first-order valence-electron chi connectivity index (χ1n) is 15.8. The van der Waals surface area contributed by atoms with Crippen molar-refractivity contribution in [3.05, 3.63) is 89.4 Å². The van der Waals surface area contributed by atoms with Crippen LogP contribution in [0.2, 0.25) is 5.02 Å². The van der Waals surface area contributed by atoms with Crippen molar-refractivity contribution in [3.8, 4) is 5.75 Å². The summed E-state index contributed by atoms with van der Waals surface area (Å²) in [5, 5.41) is 2.46. The third-order valence-corrected chi connectivity index (χ3v) is 10.1. The molecule has 0 bridgehead atoms. The highest BCUT2D eigenvalue weighted by molar-refractivity contribution is 7.99. The summed E-state index contributed by atoms with van der Waals surface area (Å²) in [4.78, 5) is 21.2. The lowest BCUT2D eigenvalue weighted by Gasteiger charge is -2.36. The van der Waals surface area contributed by atoms with E-state index in [-0.39, 0.29) is 12.6 Å². The van der Waals surface area contributed by atoms with Gasteiger partial charge in [-0.25, -0.2) is 0 Å². The molecule has 1 fully saturated rings. The molecular formula is C36H37ClF3N3O3S. The lowest BCUT2D eigenvalue weighted by molar-refractivity contribution is -0.149. The number of nitrogens with zero attached hydrogens (tertiary/aromatic N) is 3. The topological polar surface area (TPSA) is 45.3 Å². The fraction of sp³-hybridized carbons (Fsp3) is 0.361. The molecule has 1 unspecified atom stereocenters. The summed E-state index contributed by atoms with van der Waals surface area (Å²) >= 11 is 7.81. The third kappa shape index (κ3) is 8.00. The normalized spacial score (nSPS) is 16.1. The van der Waals surface area contributed by atoms with Gasteiger partial charge >= 0.3 is 12.1 Å². The van der Waals surface area contributed by atoms with Gasteiger partial charge in [-0.1, -0.05) is 59.8 Å². The Balaban J connectivity index is 0.928. The summed E-state index contributed by atoms with van der Waals surface area (Å²) in [5.74, 6) is -0.0232. The highest BCUT2D eigenvalue weighted by Crippen LogP contribution is 2.49. The number of halogens is 4. The minimum Gasteiger partial charge on any atom is -0.492 e. The zero-order chi connectivity index (χ0) is 33.0. The SMILES string of the molecule is CC(COc1ccc(Cl)c2ccccc12)C(=O)OCCN1CCN(CCCN2c3ccccc3Sc3ccc(C(F)(F)F)cc32)CC1. The second-order valence-electron chi connectivity index (χ2n) is 11.9. The average molecular weight is 684 g/mol. The van der Waals surface area contributed by atoms with E-state index in [2.05, 4.69) is 9.80 Å². The number of rotatable bonds is 11. The fourth-order valence-corrected chi connectivity index (χ4v) is 7.30. The van der Waals surface area contributed by atoms with Gasteiger partial charge in [0, 0.05) is 64.9 Å². The van der Waals surface area contributed by atoms with Crippen LogP contribution in [0.25, 0.3) is 10.8 Å². The Bertz CT molecular complexity index is 1710. The van der Waals surface area contributed by atoms with Gasteiger partial charge in [-0.2, -0.15) is 13.2 Å². The van der Waals surface area contributed by atoms with E-state index in [1.807, 2.05) is 59.5 Å². The first-order chi connectivity index (χ1) is 22.7. The number of anilines is 2. The zero-order valence-corrected chi connectivity index (χ0v) is 27.7. The minimum atomic E-state index is -4.39. The number of para-hydroxylation sites is 1. The highest BCUT2D eigenvalue weighted by Gasteiger charge is 2.33. The Morgan fingerprint density at radius 1 is 0.851 bits per heavy atom. The Labute approximate surface area is 282 Å². The van der Waals surface area contributed by atoms with Crippen molar-refractivity contribution in [3.63, 3.8) is 0 Å². The van der Waals surface area contributed by atoms with Crippen molar-refractivity contribution in [2.24, 2.45) is 5.92 Å². The largest absolute Gasteiger partial charge is 0.492 e. The third-order valence-electron chi connectivity index (χ3n) is 8.65. The molecule has 0 aliphatic carbocycles. The smallest absolute Gasteiger partial charge is 0.416 e.